The Morgan fingerprint density at radius 2 is 1.79 bits per heavy atom. The van der Waals surface area contributed by atoms with E-state index in [2.05, 4.69) is 15.5 Å². The fourth-order valence-electron chi connectivity index (χ4n) is 2.84. The van der Waals surface area contributed by atoms with Gasteiger partial charge in [-0.15, -0.1) is 0 Å². The molecular weight excluding hydrogens is 357 g/mol. The minimum atomic E-state index is -0.487. The lowest BCUT2D eigenvalue weighted by Gasteiger charge is -2.17. The molecule has 0 atom stereocenters. The number of hydrogen-bond donors (Lipinski definition) is 2. The maximum absolute atomic E-state index is 13.8. The number of hydrogen-bond acceptors (Lipinski definition) is 3. The van der Waals surface area contributed by atoms with Gasteiger partial charge >= 0.3 is 0 Å². The van der Waals surface area contributed by atoms with Crippen LogP contribution in [0.3, 0.4) is 0 Å². The van der Waals surface area contributed by atoms with Crippen LogP contribution in [0.5, 0.6) is 0 Å². The summed E-state index contributed by atoms with van der Waals surface area (Å²) in [5.41, 5.74) is 2.87. The number of anilines is 1. The van der Waals surface area contributed by atoms with Crippen molar-refractivity contribution in [3.63, 3.8) is 0 Å². The summed E-state index contributed by atoms with van der Waals surface area (Å²) in [6, 6.07) is 12.4. The molecule has 0 aliphatic heterocycles. The van der Waals surface area contributed by atoms with Crippen molar-refractivity contribution in [3.05, 3.63) is 65.0 Å². The molecule has 0 unspecified atom stereocenters. The molecule has 0 aliphatic rings. The van der Waals surface area contributed by atoms with Gasteiger partial charge in [0.25, 0.3) is 5.91 Å². The third kappa shape index (κ3) is 7.12. The number of halogens is 1. The van der Waals surface area contributed by atoms with Gasteiger partial charge in [-0.05, 0) is 68.8 Å². The van der Waals surface area contributed by atoms with Gasteiger partial charge in [-0.25, -0.2) is 4.39 Å². The molecule has 0 aliphatic carbocycles. The van der Waals surface area contributed by atoms with Gasteiger partial charge < -0.3 is 15.5 Å². The SMILES string of the molecule is CC(=O)Nc1ccc(CCN(C)CCCNC(=O)c2ccc(C)cc2F)cc1. The Kier molecular flexibility index (Phi) is 8.14. The van der Waals surface area contributed by atoms with Crippen LogP contribution in [0.15, 0.2) is 42.5 Å². The molecule has 2 rings (SSSR count). The van der Waals surface area contributed by atoms with E-state index in [-0.39, 0.29) is 17.4 Å². The van der Waals surface area contributed by atoms with E-state index in [4.69, 9.17) is 0 Å². The maximum atomic E-state index is 13.8. The zero-order chi connectivity index (χ0) is 20.5. The second-order valence-corrected chi connectivity index (χ2v) is 7.02. The van der Waals surface area contributed by atoms with E-state index >= 15 is 0 Å². The van der Waals surface area contributed by atoms with Gasteiger partial charge in [0, 0.05) is 25.7 Å². The predicted molar refractivity (Wildman–Crippen MR) is 110 cm³/mol. The molecule has 0 spiro atoms. The number of rotatable bonds is 9. The lowest BCUT2D eigenvalue weighted by Crippen LogP contribution is -2.29. The lowest BCUT2D eigenvalue weighted by molar-refractivity contribution is -0.114. The third-order valence-electron chi connectivity index (χ3n) is 4.43. The molecule has 0 fully saturated rings. The monoisotopic (exact) mass is 385 g/mol. The smallest absolute Gasteiger partial charge is 0.254 e. The van der Waals surface area contributed by atoms with Crippen LogP contribution < -0.4 is 10.6 Å². The van der Waals surface area contributed by atoms with Crippen molar-refractivity contribution in [1.29, 1.82) is 0 Å². The Bertz CT molecular complexity index is 806. The van der Waals surface area contributed by atoms with E-state index in [0.717, 1.165) is 37.2 Å². The summed E-state index contributed by atoms with van der Waals surface area (Å²) in [7, 11) is 2.03. The minimum Gasteiger partial charge on any atom is -0.352 e. The molecule has 0 aromatic heterocycles. The van der Waals surface area contributed by atoms with Crippen LogP contribution in [0.1, 0.15) is 34.8 Å². The van der Waals surface area contributed by atoms with Crippen molar-refractivity contribution in [2.45, 2.75) is 26.7 Å². The minimum absolute atomic E-state index is 0.0790. The van der Waals surface area contributed by atoms with Crippen LogP contribution in [-0.2, 0) is 11.2 Å². The van der Waals surface area contributed by atoms with Crippen molar-refractivity contribution in [3.8, 4) is 0 Å². The highest BCUT2D eigenvalue weighted by atomic mass is 19.1. The summed E-state index contributed by atoms with van der Waals surface area (Å²) < 4.78 is 13.8. The number of nitrogens with one attached hydrogen (secondary N) is 2. The number of carbonyl (C=O) groups excluding carboxylic acids is 2. The van der Waals surface area contributed by atoms with E-state index in [1.165, 1.54) is 24.6 Å². The highest BCUT2D eigenvalue weighted by Crippen LogP contribution is 2.11. The first-order valence-corrected chi connectivity index (χ1v) is 9.44. The average molecular weight is 385 g/mol. The van der Waals surface area contributed by atoms with Gasteiger partial charge in [0.05, 0.1) is 5.56 Å². The van der Waals surface area contributed by atoms with Crippen LogP contribution in [0, 0.1) is 12.7 Å². The number of aryl methyl sites for hydroxylation is 1. The number of nitrogens with zero attached hydrogens (tertiary/aromatic N) is 1. The normalized spacial score (nSPS) is 10.8. The third-order valence-corrected chi connectivity index (χ3v) is 4.43. The van der Waals surface area contributed by atoms with Gasteiger partial charge in [0.1, 0.15) is 5.82 Å². The second kappa shape index (κ2) is 10.6. The summed E-state index contributed by atoms with van der Waals surface area (Å²) in [5.74, 6) is -0.941. The van der Waals surface area contributed by atoms with Crippen molar-refractivity contribution < 1.29 is 14.0 Å². The molecular formula is C22H28FN3O2. The Labute approximate surface area is 165 Å². The zero-order valence-electron chi connectivity index (χ0n) is 16.7. The largest absolute Gasteiger partial charge is 0.352 e. The lowest BCUT2D eigenvalue weighted by atomic mass is 10.1. The molecule has 0 heterocycles. The molecule has 0 bridgehead atoms. The van der Waals surface area contributed by atoms with Gasteiger partial charge in [-0.3, -0.25) is 9.59 Å². The fourth-order valence-corrected chi connectivity index (χ4v) is 2.84. The van der Waals surface area contributed by atoms with Crippen LogP contribution in [-0.4, -0.2) is 43.4 Å². The standard InChI is InChI=1S/C22H28FN3O2/c1-16-5-10-20(21(23)15-16)22(28)24-12-4-13-26(3)14-11-18-6-8-19(9-7-18)25-17(2)27/h5-10,15H,4,11-14H2,1-3H3,(H,24,28)(H,25,27). The van der Waals surface area contributed by atoms with Crippen LogP contribution in [0.2, 0.25) is 0 Å². The Morgan fingerprint density at radius 3 is 2.43 bits per heavy atom. The van der Waals surface area contributed by atoms with Crippen LogP contribution >= 0.6 is 0 Å². The predicted octanol–water partition coefficient (Wildman–Crippen LogP) is 3.39. The molecule has 0 saturated carbocycles. The topological polar surface area (TPSA) is 61.4 Å². The highest BCUT2D eigenvalue weighted by Gasteiger charge is 2.11. The van der Waals surface area contributed by atoms with Gasteiger partial charge in [-0.1, -0.05) is 18.2 Å². The van der Waals surface area contributed by atoms with E-state index < -0.39 is 5.82 Å². The zero-order valence-corrected chi connectivity index (χ0v) is 16.7. The Hall–Kier alpha value is -2.73. The highest BCUT2D eigenvalue weighted by molar-refractivity contribution is 5.94. The molecule has 2 amide bonds. The molecule has 2 N–H and O–H groups in total. The van der Waals surface area contributed by atoms with Crippen LogP contribution in [0.4, 0.5) is 10.1 Å². The molecule has 2 aromatic carbocycles. The number of amides is 2. The first kappa shape index (κ1) is 21.6. The van der Waals surface area contributed by atoms with E-state index in [0.29, 0.717) is 6.54 Å². The molecule has 0 radical (unpaired) electrons. The Balaban J connectivity index is 1.66. The summed E-state index contributed by atoms with van der Waals surface area (Å²) in [5, 5.41) is 5.52. The van der Waals surface area contributed by atoms with E-state index in [9.17, 15) is 14.0 Å². The maximum Gasteiger partial charge on any atom is 0.254 e. The summed E-state index contributed by atoms with van der Waals surface area (Å²) >= 11 is 0. The molecule has 0 saturated heterocycles. The molecule has 2 aromatic rings. The summed E-state index contributed by atoms with van der Waals surface area (Å²) in [6.07, 6.45) is 1.69. The Morgan fingerprint density at radius 1 is 1.07 bits per heavy atom. The van der Waals surface area contributed by atoms with E-state index in [1.807, 2.05) is 31.3 Å². The number of likely N-dealkylation sites (N-methyl/N-ethyl adjacent to an activating group) is 1. The molecule has 6 heteroatoms. The van der Waals surface area contributed by atoms with Gasteiger partial charge in [0.15, 0.2) is 0 Å². The molecule has 28 heavy (non-hydrogen) atoms. The van der Waals surface area contributed by atoms with Crippen molar-refractivity contribution in [1.82, 2.24) is 10.2 Å². The van der Waals surface area contributed by atoms with Gasteiger partial charge in [0.2, 0.25) is 5.91 Å². The summed E-state index contributed by atoms with van der Waals surface area (Å²) in [6.45, 7) is 5.50. The van der Waals surface area contributed by atoms with Crippen molar-refractivity contribution in [2.75, 3.05) is 32.0 Å². The van der Waals surface area contributed by atoms with Crippen molar-refractivity contribution >= 4 is 17.5 Å². The van der Waals surface area contributed by atoms with Crippen LogP contribution in [0.25, 0.3) is 0 Å². The first-order valence-electron chi connectivity index (χ1n) is 9.44. The molecule has 150 valence electrons. The fraction of sp³-hybridized carbons (Fsp3) is 0.364. The molecule has 5 nitrogen and oxygen atoms in total. The average Bonchev–Trinajstić information content (AvgIpc) is 2.64. The van der Waals surface area contributed by atoms with E-state index in [1.54, 1.807) is 13.0 Å². The second-order valence-electron chi connectivity index (χ2n) is 7.02. The van der Waals surface area contributed by atoms with Gasteiger partial charge in [-0.2, -0.15) is 0 Å². The number of carbonyl (C=O) groups is 2. The first-order chi connectivity index (χ1) is 13.3. The van der Waals surface area contributed by atoms with Crippen molar-refractivity contribution in [2.24, 2.45) is 0 Å². The quantitative estimate of drug-likeness (QED) is 0.651. The summed E-state index contributed by atoms with van der Waals surface area (Å²) in [4.78, 5) is 25.3. The number of benzene rings is 2.